The van der Waals surface area contributed by atoms with E-state index >= 15 is 0 Å². The number of pyridine rings is 1. The molecular formula is C10H11N3. The lowest BCUT2D eigenvalue weighted by molar-refractivity contribution is 0.967. The third kappa shape index (κ3) is 1.60. The highest BCUT2D eigenvalue weighted by Crippen LogP contribution is 2.15. The van der Waals surface area contributed by atoms with Crippen LogP contribution in [0.25, 0.3) is 10.8 Å². The van der Waals surface area contributed by atoms with E-state index < -0.39 is 0 Å². The number of fused-ring (bicyclic) bond motifs is 1. The molecule has 1 aromatic carbocycles. The topological polar surface area (TPSA) is 37.0 Å². The van der Waals surface area contributed by atoms with Crippen LogP contribution >= 0.6 is 0 Å². The molecule has 0 bridgehead atoms. The average Bonchev–Trinajstić information content (AvgIpc) is 2.18. The normalized spacial score (nSPS) is 10.2. The summed E-state index contributed by atoms with van der Waals surface area (Å²) in [7, 11) is 1.82. The van der Waals surface area contributed by atoms with E-state index in [2.05, 4.69) is 21.9 Å². The molecule has 0 saturated carbocycles. The minimum absolute atomic E-state index is 0.834. The van der Waals surface area contributed by atoms with Crippen LogP contribution in [0, 0.1) is 0 Å². The molecular weight excluding hydrogens is 162 g/mol. The van der Waals surface area contributed by atoms with Crippen molar-refractivity contribution >= 4 is 16.6 Å². The molecule has 3 nitrogen and oxygen atoms in total. The maximum absolute atomic E-state index is 4.22. The zero-order valence-electron chi connectivity index (χ0n) is 7.41. The minimum atomic E-state index is 0.834. The molecule has 0 radical (unpaired) electrons. The third-order valence-corrected chi connectivity index (χ3v) is 1.88. The number of aromatic nitrogens is 1. The van der Waals surface area contributed by atoms with Crippen LogP contribution < -0.4 is 10.9 Å². The van der Waals surface area contributed by atoms with Crippen molar-refractivity contribution in [2.24, 2.45) is 0 Å². The molecule has 0 amide bonds. The second-order valence-electron chi connectivity index (χ2n) is 2.79. The van der Waals surface area contributed by atoms with Gasteiger partial charge in [0.05, 0.1) is 0 Å². The number of hydrazine groups is 1. The number of nitrogens with one attached hydrogen (secondary N) is 2. The predicted molar refractivity (Wildman–Crippen MR) is 54.4 cm³/mol. The quantitative estimate of drug-likeness (QED) is 0.680. The second kappa shape index (κ2) is 3.41. The van der Waals surface area contributed by atoms with Crippen molar-refractivity contribution in [1.29, 1.82) is 0 Å². The van der Waals surface area contributed by atoms with Crippen molar-refractivity contribution in [1.82, 2.24) is 10.4 Å². The van der Waals surface area contributed by atoms with E-state index in [0.29, 0.717) is 0 Å². The second-order valence-corrected chi connectivity index (χ2v) is 2.79. The van der Waals surface area contributed by atoms with E-state index in [-0.39, 0.29) is 0 Å². The molecule has 0 aliphatic rings. The maximum atomic E-state index is 4.22. The van der Waals surface area contributed by atoms with Gasteiger partial charge in [-0.3, -0.25) is 0 Å². The van der Waals surface area contributed by atoms with Gasteiger partial charge in [-0.1, -0.05) is 24.3 Å². The summed E-state index contributed by atoms with van der Waals surface area (Å²) < 4.78 is 0. The zero-order valence-corrected chi connectivity index (χ0v) is 7.41. The Morgan fingerprint density at radius 1 is 1.15 bits per heavy atom. The van der Waals surface area contributed by atoms with Crippen LogP contribution in [0.2, 0.25) is 0 Å². The van der Waals surface area contributed by atoms with Crippen molar-refractivity contribution in [2.75, 3.05) is 12.5 Å². The molecule has 0 saturated heterocycles. The summed E-state index contributed by atoms with van der Waals surface area (Å²) in [6.07, 6.45) is 1.86. The Morgan fingerprint density at radius 2 is 1.92 bits per heavy atom. The van der Waals surface area contributed by atoms with E-state index in [1.165, 1.54) is 5.39 Å². The van der Waals surface area contributed by atoms with Crippen molar-refractivity contribution in [3.8, 4) is 0 Å². The SMILES string of the molecule is CNNc1cc2ccccc2cn1. The van der Waals surface area contributed by atoms with Crippen LogP contribution in [0.4, 0.5) is 5.82 Å². The highest BCUT2D eigenvalue weighted by molar-refractivity contribution is 5.83. The Hall–Kier alpha value is -1.61. The average molecular weight is 173 g/mol. The summed E-state index contributed by atoms with van der Waals surface area (Å²) >= 11 is 0. The Kier molecular flexibility index (Phi) is 2.10. The van der Waals surface area contributed by atoms with Gasteiger partial charge in [0.25, 0.3) is 0 Å². The fraction of sp³-hybridized carbons (Fsp3) is 0.100. The Bertz CT molecular complexity index is 412. The molecule has 0 unspecified atom stereocenters. The first-order chi connectivity index (χ1) is 6.40. The van der Waals surface area contributed by atoms with E-state index in [0.717, 1.165) is 11.2 Å². The molecule has 0 fully saturated rings. The van der Waals surface area contributed by atoms with Gasteiger partial charge in [-0.2, -0.15) is 0 Å². The number of hydrogen-bond acceptors (Lipinski definition) is 3. The van der Waals surface area contributed by atoms with Gasteiger partial charge in [-0.25, -0.2) is 10.4 Å². The van der Waals surface area contributed by atoms with Gasteiger partial charge in [-0.15, -0.1) is 0 Å². The molecule has 0 spiro atoms. The first-order valence-electron chi connectivity index (χ1n) is 4.18. The summed E-state index contributed by atoms with van der Waals surface area (Å²) in [5.41, 5.74) is 5.77. The van der Waals surface area contributed by atoms with Gasteiger partial charge in [0.15, 0.2) is 0 Å². The standard InChI is InChI=1S/C10H11N3/c1-11-13-10-6-8-4-2-3-5-9(8)7-12-10/h2-7,11H,1H3,(H,12,13). The Balaban J connectivity index is 2.49. The van der Waals surface area contributed by atoms with Gasteiger partial charge in [-0.05, 0) is 11.5 Å². The molecule has 3 heteroatoms. The van der Waals surface area contributed by atoms with E-state index in [9.17, 15) is 0 Å². The Morgan fingerprint density at radius 3 is 2.69 bits per heavy atom. The number of hydrogen-bond donors (Lipinski definition) is 2. The molecule has 13 heavy (non-hydrogen) atoms. The highest BCUT2D eigenvalue weighted by atomic mass is 15.4. The fourth-order valence-corrected chi connectivity index (χ4v) is 1.28. The molecule has 0 aliphatic carbocycles. The molecule has 1 aromatic heterocycles. The Labute approximate surface area is 76.8 Å². The molecule has 2 rings (SSSR count). The molecule has 1 heterocycles. The highest BCUT2D eigenvalue weighted by Gasteiger charge is 1.94. The van der Waals surface area contributed by atoms with Crippen molar-refractivity contribution < 1.29 is 0 Å². The van der Waals surface area contributed by atoms with Gasteiger partial charge in [0.1, 0.15) is 5.82 Å². The summed E-state index contributed by atoms with van der Waals surface area (Å²) in [5, 5.41) is 2.35. The van der Waals surface area contributed by atoms with Crippen molar-refractivity contribution in [3.63, 3.8) is 0 Å². The summed E-state index contributed by atoms with van der Waals surface area (Å²) in [4.78, 5) is 4.22. The lowest BCUT2D eigenvalue weighted by Gasteiger charge is -2.03. The lowest BCUT2D eigenvalue weighted by atomic mass is 10.2. The third-order valence-electron chi connectivity index (χ3n) is 1.88. The first-order valence-corrected chi connectivity index (χ1v) is 4.18. The van der Waals surface area contributed by atoms with Crippen molar-refractivity contribution in [3.05, 3.63) is 36.5 Å². The molecule has 2 N–H and O–H groups in total. The van der Waals surface area contributed by atoms with Crippen LogP contribution in [0.15, 0.2) is 36.5 Å². The predicted octanol–water partition coefficient (Wildman–Crippen LogP) is 1.78. The number of nitrogens with zero attached hydrogens (tertiary/aromatic N) is 1. The van der Waals surface area contributed by atoms with Gasteiger partial charge in [0.2, 0.25) is 0 Å². The maximum Gasteiger partial charge on any atom is 0.140 e. The first kappa shape index (κ1) is 8.01. The van der Waals surface area contributed by atoms with Crippen LogP contribution in [0.3, 0.4) is 0 Å². The number of rotatable bonds is 2. The fourth-order valence-electron chi connectivity index (χ4n) is 1.28. The molecule has 0 atom stereocenters. The van der Waals surface area contributed by atoms with Gasteiger partial charge < -0.3 is 5.43 Å². The summed E-state index contributed by atoms with van der Waals surface area (Å²) in [6, 6.07) is 10.1. The summed E-state index contributed by atoms with van der Waals surface area (Å²) in [6.45, 7) is 0. The largest absolute Gasteiger partial charge is 0.306 e. The smallest absolute Gasteiger partial charge is 0.140 e. The van der Waals surface area contributed by atoms with Crippen LogP contribution in [-0.2, 0) is 0 Å². The summed E-state index contributed by atoms with van der Waals surface area (Å²) in [5.74, 6) is 0.834. The van der Waals surface area contributed by atoms with Crippen molar-refractivity contribution in [2.45, 2.75) is 0 Å². The molecule has 0 aliphatic heterocycles. The van der Waals surface area contributed by atoms with Crippen LogP contribution in [-0.4, -0.2) is 12.0 Å². The van der Waals surface area contributed by atoms with Gasteiger partial charge in [0, 0.05) is 18.6 Å². The van der Waals surface area contributed by atoms with E-state index in [1.54, 1.807) is 0 Å². The monoisotopic (exact) mass is 173 g/mol. The number of anilines is 1. The van der Waals surface area contributed by atoms with E-state index in [1.807, 2.05) is 37.5 Å². The zero-order chi connectivity index (χ0) is 9.10. The molecule has 66 valence electrons. The minimum Gasteiger partial charge on any atom is -0.306 e. The van der Waals surface area contributed by atoms with E-state index in [4.69, 9.17) is 0 Å². The van der Waals surface area contributed by atoms with Crippen LogP contribution in [0.1, 0.15) is 0 Å². The lowest BCUT2D eigenvalue weighted by Crippen LogP contribution is -2.15. The van der Waals surface area contributed by atoms with Crippen LogP contribution in [0.5, 0.6) is 0 Å². The molecule has 2 aromatic rings. The number of benzene rings is 1. The van der Waals surface area contributed by atoms with Gasteiger partial charge >= 0.3 is 0 Å².